The van der Waals surface area contributed by atoms with Crippen molar-refractivity contribution in [1.29, 1.82) is 0 Å². The van der Waals surface area contributed by atoms with Gasteiger partial charge in [-0.15, -0.1) is 0 Å². The molecular weight excluding hydrogens is 196 g/mol. The fraction of sp³-hybridized carbons (Fsp3) is 1.00. The van der Waals surface area contributed by atoms with Crippen LogP contribution in [0.2, 0.25) is 0 Å². The summed E-state index contributed by atoms with van der Waals surface area (Å²) in [4.78, 5) is 2.66. The molecule has 0 amide bonds. The van der Waals surface area contributed by atoms with Crippen LogP contribution in [0.5, 0.6) is 0 Å². The van der Waals surface area contributed by atoms with Gasteiger partial charge in [-0.3, -0.25) is 4.90 Å². The van der Waals surface area contributed by atoms with E-state index in [0.29, 0.717) is 12.1 Å². The lowest BCUT2D eigenvalue weighted by atomic mass is 9.86. The predicted octanol–water partition coefficient (Wildman–Crippen LogP) is 2.74. The van der Waals surface area contributed by atoms with E-state index in [-0.39, 0.29) is 0 Å². The van der Waals surface area contributed by atoms with Crippen LogP contribution in [-0.4, -0.2) is 36.6 Å². The topological polar surface area (TPSA) is 15.3 Å². The van der Waals surface area contributed by atoms with Crippen LogP contribution in [0.1, 0.15) is 47.5 Å². The Labute approximate surface area is 102 Å². The molecular formula is C14H30N2. The van der Waals surface area contributed by atoms with Crippen molar-refractivity contribution in [1.82, 2.24) is 10.2 Å². The monoisotopic (exact) mass is 226 g/mol. The zero-order valence-corrected chi connectivity index (χ0v) is 11.8. The van der Waals surface area contributed by atoms with E-state index in [1.807, 2.05) is 0 Å². The normalized spacial score (nSPS) is 23.6. The first-order valence-electron chi connectivity index (χ1n) is 7.03. The van der Waals surface area contributed by atoms with E-state index < -0.39 is 0 Å². The number of rotatable bonds is 5. The smallest absolute Gasteiger partial charge is 0.0218 e. The molecule has 0 saturated carbocycles. The van der Waals surface area contributed by atoms with Gasteiger partial charge in [0.25, 0.3) is 0 Å². The molecule has 1 N–H and O–H groups in total. The second-order valence-corrected chi connectivity index (χ2v) is 5.70. The largest absolute Gasteiger partial charge is 0.313 e. The van der Waals surface area contributed by atoms with Gasteiger partial charge in [0.15, 0.2) is 0 Å². The zero-order valence-electron chi connectivity index (χ0n) is 11.8. The van der Waals surface area contributed by atoms with Crippen LogP contribution in [0.15, 0.2) is 0 Å². The minimum atomic E-state index is 0.612. The summed E-state index contributed by atoms with van der Waals surface area (Å²) in [5, 5.41) is 3.53. The minimum Gasteiger partial charge on any atom is -0.313 e. The van der Waals surface area contributed by atoms with E-state index in [1.165, 1.54) is 25.9 Å². The molecule has 1 rings (SSSR count). The Morgan fingerprint density at radius 3 is 2.12 bits per heavy atom. The number of piperidine rings is 1. The van der Waals surface area contributed by atoms with Crippen molar-refractivity contribution in [2.45, 2.75) is 59.5 Å². The number of nitrogens with zero attached hydrogens (tertiary/aromatic N) is 1. The van der Waals surface area contributed by atoms with Gasteiger partial charge in [0.1, 0.15) is 0 Å². The van der Waals surface area contributed by atoms with E-state index in [4.69, 9.17) is 0 Å². The second kappa shape index (κ2) is 6.61. The third-order valence-electron chi connectivity index (χ3n) is 4.34. The first-order chi connectivity index (χ1) is 7.56. The van der Waals surface area contributed by atoms with Crippen molar-refractivity contribution in [2.75, 3.05) is 19.6 Å². The molecule has 1 aliphatic rings. The molecule has 0 aromatic heterocycles. The molecule has 2 nitrogen and oxygen atoms in total. The van der Waals surface area contributed by atoms with Crippen molar-refractivity contribution in [3.8, 4) is 0 Å². The van der Waals surface area contributed by atoms with Crippen LogP contribution in [0.4, 0.5) is 0 Å². The minimum absolute atomic E-state index is 0.612. The molecule has 96 valence electrons. The summed E-state index contributed by atoms with van der Waals surface area (Å²) < 4.78 is 0. The summed E-state index contributed by atoms with van der Waals surface area (Å²) in [7, 11) is 0. The maximum atomic E-state index is 3.53. The summed E-state index contributed by atoms with van der Waals surface area (Å²) in [6.07, 6.45) is 2.78. The van der Waals surface area contributed by atoms with Gasteiger partial charge < -0.3 is 5.32 Å². The van der Waals surface area contributed by atoms with Gasteiger partial charge >= 0.3 is 0 Å². The first-order valence-corrected chi connectivity index (χ1v) is 7.03. The molecule has 0 bridgehead atoms. The summed E-state index contributed by atoms with van der Waals surface area (Å²) in [6.45, 7) is 15.3. The van der Waals surface area contributed by atoms with E-state index in [0.717, 1.165) is 18.4 Å². The van der Waals surface area contributed by atoms with Gasteiger partial charge in [-0.05, 0) is 58.2 Å². The summed E-state index contributed by atoms with van der Waals surface area (Å²) in [5.41, 5.74) is 0. The molecule has 0 radical (unpaired) electrons. The van der Waals surface area contributed by atoms with Crippen molar-refractivity contribution in [3.63, 3.8) is 0 Å². The molecule has 2 heteroatoms. The van der Waals surface area contributed by atoms with Gasteiger partial charge in [0, 0.05) is 12.1 Å². The molecule has 2 unspecified atom stereocenters. The number of likely N-dealkylation sites (N-methyl/N-ethyl adjacent to an activating group) is 1. The van der Waals surface area contributed by atoms with Gasteiger partial charge in [-0.2, -0.15) is 0 Å². The molecule has 16 heavy (non-hydrogen) atoms. The number of nitrogens with one attached hydrogen (secondary N) is 1. The lowest BCUT2D eigenvalue weighted by molar-refractivity contribution is 0.105. The highest BCUT2D eigenvalue weighted by Gasteiger charge is 2.26. The van der Waals surface area contributed by atoms with Crippen LogP contribution in [0.3, 0.4) is 0 Å². The Balaban J connectivity index is 2.35. The van der Waals surface area contributed by atoms with Gasteiger partial charge in [0.05, 0.1) is 0 Å². The number of hydrogen-bond acceptors (Lipinski definition) is 2. The van der Waals surface area contributed by atoms with Crippen LogP contribution >= 0.6 is 0 Å². The summed E-state index contributed by atoms with van der Waals surface area (Å²) >= 11 is 0. The molecule has 1 fully saturated rings. The maximum absolute atomic E-state index is 3.53. The Hall–Kier alpha value is -0.0800. The molecule has 2 atom stereocenters. The molecule has 0 aromatic carbocycles. The lowest BCUT2D eigenvalue weighted by Gasteiger charge is -2.39. The van der Waals surface area contributed by atoms with E-state index in [9.17, 15) is 0 Å². The van der Waals surface area contributed by atoms with Crippen molar-refractivity contribution < 1.29 is 0 Å². The van der Waals surface area contributed by atoms with Gasteiger partial charge in [-0.25, -0.2) is 0 Å². The molecule has 0 aliphatic carbocycles. The standard InChI is InChI=1S/C14H30N2/c1-6-15-12(4)13(5)16-9-7-14(8-10-16)11(2)3/h11-15H,6-10H2,1-5H3. The lowest BCUT2D eigenvalue weighted by Crippen LogP contribution is -2.50. The van der Waals surface area contributed by atoms with Gasteiger partial charge in [0.2, 0.25) is 0 Å². The van der Waals surface area contributed by atoms with Crippen molar-refractivity contribution >= 4 is 0 Å². The van der Waals surface area contributed by atoms with Crippen molar-refractivity contribution in [3.05, 3.63) is 0 Å². The fourth-order valence-corrected chi connectivity index (χ4v) is 2.80. The van der Waals surface area contributed by atoms with Gasteiger partial charge in [-0.1, -0.05) is 20.8 Å². The Bertz CT molecular complexity index is 183. The van der Waals surface area contributed by atoms with E-state index in [2.05, 4.69) is 44.8 Å². The molecule has 1 saturated heterocycles. The summed E-state index contributed by atoms with van der Waals surface area (Å²) in [6, 6.07) is 1.29. The Morgan fingerprint density at radius 2 is 1.69 bits per heavy atom. The zero-order chi connectivity index (χ0) is 12.1. The van der Waals surface area contributed by atoms with Crippen LogP contribution in [0, 0.1) is 11.8 Å². The molecule has 1 heterocycles. The fourth-order valence-electron chi connectivity index (χ4n) is 2.80. The highest BCUT2D eigenvalue weighted by molar-refractivity contribution is 4.82. The van der Waals surface area contributed by atoms with Crippen LogP contribution in [0.25, 0.3) is 0 Å². The highest BCUT2D eigenvalue weighted by atomic mass is 15.2. The maximum Gasteiger partial charge on any atom is 0.0218 e. The molecule has 0 aromatic rings. The Morgan fingerprint density at radius 1 is 1.12 bits per heavy atom. The quantitative estimate of drug-likeness (QED) is 0.775. The average Bonchev–Trinajstić information content (AvgIpc) is 2.28. The average molecular weight is 226 g/mol. The summed E-state index contributed by atoms with van der Waals surface area (Å²) in [5.74, 6) is 1.82. The second-order valence-electron chi connectivity index (χ2n) is 5.70. The third-order valence-corrected chi connectivity index (χ3v) is 4.34. The Kier molecular flexibility index (Phi) is 5.77. The van der Waals surface area contributed by atoms with Crippen LogP contribution < -0.4 is 5.32 Å². The molecule has 0 spiro atoms. The first kappa shape index (κ1) is 14.0. The SMILES string of the molecule is CCNC(C)C(C)N1CCC(C(C)C)CC1. The van der Waals surface area contributed by atoms with E-state index in [1.54, 1.807) is 0 Å². The molecule has 1 aliphatic heterocycles. The highest BCUT2D eigenvalue weighted by Crippen LogP contribution is 2.25. The number of hydrogen-bond donors (Lipinski definition) is 1. The third kappa shape index (κ3) is 3.74. The van der Waals surface area contributed by atoms with E-state index >= 15 is 0 Å². The van der Waals surface area contributed by atoms with Crippen LogP contribution in [-0.2, 0) is 0 Å². The predicted molar refractivity (Wildman–Crippen MR) is 71.7 cm³/mol. The number of likely N-dealkylation sites (tertiary alicyclic amines) is 1. The van der Waals surface area contributed by atoms with Crippen molar-refractivity contribution in [2.24, 2.45) is 11.8 Å².